The van der Waals surface area contributed by atoms with Crippen LogP contribution >= 0.6 is 11.6 Å². The van der Waals surface area contributed by atoms with Gasteiger partial charge in [-0.15, -0.1) is 0 Å². The van der Waals surface area contributed by atoms with Crippen LogP contribution in [0.1, 0.15) is 79.6 Å². The number of ether oxygens (including phenoxy) is 1. The van der Waals surface area contributed by atoms with Crippen LogP contribution in [0.5, 0.6) is 5.88 Å². The molecule has 13 nitrogen and oxygen atoms in total. The van der Waals surface area contributed by atoms with Crippen molar-refractivity contribution in [2.24, 2.45) is 17.8 Å². The lowest BCUT2D eigenvalue weighted by Gasteiger charge is -2.45. The van der Waals surface area contributed by atoms with Gasteiger partial charge in [0.1, 0.15) is 34.3 Å². The molecule has 52 heavy (non-hydrogen) atoms. The molecule has 4 aliphatic rings. The Labute approximate surface area is 305 Å². The van der Waals surface area contributed by atoms with E-state index in [2.05, 4.69) is 15.0 Å². The van der Waals surface area contributed by atoms with Crippen LogP contribution in [0, 0.1) is 17.8 Å². The van der Waals surface area contributed by atoms with Crippen LogP contribution < -0.4 is 14.8 Å². The zero-order valence-corrected chi connectivity index (χ0v) is 31.1. The number of hydrogen-bond acceptors (Lipinski definition) is 8. The van der Waals surface area contributed by atoms with Gasteiger partial charge < -0.3 is 20.1 Å². The Bertz CT molecular complexity index is 1740. The van der Waals surface area contributed by atoms with Gasteiger partial charge in [-0.05, 0) is 83.3 Å². The topological polar surface area (TPSA) is 175 Å². The number of carbonyl (C=O) groups excluding carboxylic acids is 3. The standard InChI is InChI=1S/C34H45ClF3N5O8S/c1-19-9-6-7-10-21-17-33(21,29(46)41-52(49,50)32(5)12-13-32)40-26(44)24-16-22(51-27-23(35)11-8-14-39-27)18-42(24)28(45)25(20(2)15-19)43(30(47)48)31(3,4)34(36,37)38/h7-8,10-11,14,19-22,24-25H,6,9,12-13,15-18H2,1-5H3,(H,40,44)(H,41,46)(H,47,48)/b10-7-/t19-,20-,21-,22-,24+,25+,33-/m1/s1. The van der Waals surface area contributed by atoms with E-state index in [9.17, 15) is 45.9 Å². The highest BCUT2D eigenvalue weighted by Gasteiger charge is 2.64. The van der Waals surface area contributed by atoms with Crippen LogP contribution in [0.4, 0.5) is 18.0 Å². The first-order valence-electron chi connectivity index (χ1n) is 17.3. The van der Waals surface area contributed by atoms with Gasteiger partial charge in [-0.25, -0.2) is 18.2 Å². The number of nitrogens with zero attached hydrogens (tertiary/aromatic N) is 3. The Morgan fingerprint density at radius 2 is 1.87 bits per heavy atom. The molecule has 1 saturated heterocycles. The number of rotatable bonds is 7. The van der Waals surface area contributed by atoms with Crippen LogP contribution in [0.3, 0.4) is 0 Å². The number of halogens is 4. The van der Waals surface area contributed by atoms with E-state index in [0.29, 0.717) is 39.5 Å². The first kappa shape index (κ1) is 39.6. The van der Waals surface area contributed by atoms with E-state index < -0.39 is 85.9 Å². The molecule has 1 aromatic heterocycles. The summed E-state index contributed by atoms with van der Waals surface area (Å²) in [6.07, 6.45) is -1.43. The van der Waals surface area contributed by atoms with E-state index in [1.807, 2.05) is 6.92 Å². The molecule has 3 heterocycles. The number of amides is 4. The van der Waals surface area contributed by atoms with Crippen molar-refractivity contribution in [1.82, 2.24) is 24.8 Å². The summed E-state index contributed by atoms with van der Waals surface area (Å²) in [6.45, 7) is 5.86. The lowest BCUT2D eigenvalue weighted by atomic mass is 9.85. The molecule has 0 spiro atoms. The van der Waals surface area contributed by atoms with Crippen molar-refractivity contribution >= 4 is 45.4 Å². The Kier molecular flexibility index (Phi) is 10.7. The summed E-state index contributed by atoms with van der Waals surface area (Å²) >= 11 is 6.26. The second-order valence-corrected chi connectivity index (χ2v) is 18.0. The first-order chi connectivity index (χ1) is 24.0. The highest BCUT2D eigenvalue weighted by molar-refractivity contribution is 7.91. The Morgan fingerprint density at radius 3 is 2.46 bits per heavy atom. The van der Waals surface area contributed by atoms with E-state index in [4.69, 9.17) is 16.3 Å². The molecule has 0 bridgehead atoms. The van der Waals surface area contributed by atoms with Gasteiger partial charge in [-0.3, -0.25) is 24.0 Å². The molecule has 0 unspecified atom stereocenters. The molecule has 288 valence electrons. The third-order valence-corrected chi connectivity index (χ3v) is 13.4. The largest absolute Gasteiger partial charge is 0.471 e. The normalized spacial score (nSPS) is 31.5. The second-order valence-electron chi connectivity index (χ2n) is 15.4. The highest BCUT2D eigenvalue weighted by Crippen LogP contribution is 2.48. The van der Waals surface area contributed by atoms with Crippen molar-refractivity contribution in [3.63, 3.8) is 0 Å². The molecule has 4 amide bonds. The fourth-order valence-corrected chi connectivity index (χ4v) is 8.68. The third-order valence-electron chi connectivity index (χ3n) is 11.0. The number of allylic oxidation sites excluding steroid dienone is 1. The van der Waals surface area contributed by atoms with Crippen molar-refractivity contribution in [1.29, 1.82) is 0 Å². The molecule has 7 atom stereocenters. The predicted octanol–water partition coefficient (Wildman–Crippen LogP) is 4.66. The van der Waals surface area contributed by atoms with Crippen LogP contribution in [-0.4, -0.2) is 98.9 Å². The smallest absolute Gasteiger partial charge is 0.411 e. The summed E-state index contributed by atoms with van der Waals surface area (Å²) in [4.78, 5) is 60.8. The van der Waals surface area contributed by atoms with Crippen molar-refractivity contribution in [3.8, 4) is 5.88 Å². The number of nitrogens with one attached hydrogen (secondary N) is 2. The molecule has 2 aliphatic carbocycles. The predicted molar refractivity (Wildman–Crippen MR) is 183 cm³/mol. The summed E-state index contributed by atoms with van der Waals surface area (Å²) in [6, 6.07) is -0.303. The fourth-order valence-electron chi connectivity index (χ4n) is 7.20. The van der Waals surface area contributed by atoms with Gasteiger partial charge in [0.2, 0.25) is 27.7 Å². The zero-order chi connectivity index (χ0) is 38.6. The number of carboxylic acid groups (broad SMARTS) is 1. The Balaban J connectivity index is 1.57. The number of fused-ring (bicyclic) bond motifs is 2. The number of aromatic nitrogens is 1. The number of carbonyl (C=O) groups is 4. The molecule has 3 N–H and O–H groups in total. The van der Waals surface area contributed by atoms with E-state index in [1.54, 1.807) is 18.2 Å². The lowest BCUT2D eigenvalue weighted by molar-refractivity contribution is -0.222. The number of alkyl halides is 3. The van der Waals surface area contributed by atoms with Gasteiger partial charge in [0.25, 0.3) is 5.91 Å². The molecule has 1 aromatic rings. The maximum atomic E-state index is 14.7. The van der Waals surface area contributed by atoms with E-state index >= 15 is 0 Å². The maximum absolute atomic E-state index is 14.7. The number of pyridine rings is 1. The number of sulfonamides is 1. The average Bonchev–Trinajstić information content (AvgIpc) is 3.91. The summed E-state index contributed by atoms with van der Waals surface area (Å²) in [5, 5.41) is 13.1. The molecule has 0 aromatic carbocycles. The molecule has 0 radical (unpaired) electrons. The Morgan fingerprint density at radius 1 is 1.19 bits per heavy atom. The molecule has 5 rings (SSSR count). The minimum atomic E-state index is -5.08. The zero-order valence-electron chi connectivity index (χ0n) is 29.6. The molecule has 18 heteroatoms. The Hall–Kier alpha value is -3.60. The van der Waals surface area contributed by atoms with Gasteiger partial charge in [0, 0.05) is 18.5 Å². The van der Waals surface area contributed by atoms with Crippen LogP contribution in [0.2, 0.25) is 5.02 Å². The van der Waals surface area contributed by atoms with Gasteiger partial charge in [0.15, 0.2) is 0 Å². The minimum absolute atomic E-state index is 0.0316. The molecular weight excluding hydrogens is 731 g/mol. The van der Waals surface area contributed by atoms with Crippen molar-refractivity contribution in [3.05, 3.63) is 35.5 Å². The SMILES string of the molecule is C[C@@H]1CC/C=C\[C@@H]2C[C@@]2(C(=O)NS(=O)(=O)C2(C)CC2)NC(=O)[C@@H]2C[C@@H](Oc3ncccc3Cl)CN2C(=O)[C@@H](N(C(=O)O)C(C)(C)C(F)(F)F)[C@H](C)C1. The summed E-state index contributed by atoms with van der Waals surface area (Å²) < 4.78 is 76.7. The lowest BCUT2D eigenvalue weighted by Crippen LogP contribution is -2.66. The first-order valence-corrected chi connectivity index (χ1v) is 19.1. The second kappa shape index (κ2) is 14.0. The van der Waals surface area contributed by atoms with Crippen molar-refractivity contribution in [2.75, 3.05) is 6.54 Å². The van der Waals surface area contributed by atoms with Crippen LogP contribution in [0.15, 0.2) is 30.5 Å². The van der Waals surface area contributed by atoms with Gasteiger partial charge in [-0.2, -0.15) is 13.2 Å². The van der Waals surface area contributed by atoms with Gasteiger partial charge in [-0.1, -0.05) is 37.6 Å². The number of hydrogen-bond donors (Lipinski definition) is 3. The van der Waals surface area contributed by atoms with Crippen LogP contribution in [-0.2, 0) is 24.4 Å². The summed E-state index contributed by atoms with van der Waals surface area (Å²) in [5.41, 5.74) is -4.72. The van der Waals surface area contributed by atoms with E-state index in [-0.39, 0.29) is 47.5 Å². The average molecular weight is 776 g/mol. The van der Waals surface area contributed by atoms with Gasteiger partial charge in [0.05, 0.1) is 11.3 Å². The quantitative estimate of drug-likeness (QED) is 0.333. The summed E-state index contributed by atoms with van der Waals surface area (Å²) in [5.74, 6) is -4.64. The maximum Gasteiger partial charge on any atom is 0.411 e. The molecule has 3 fully saturated rings. The van der Waals surface area contributed by atoms with Gasteiger partial charge >= 0.3 is 12.3 Å². The van der Waals surface area contributed by atoms with E-state index in [0.717, 1.165) is 4.90 Å². The highest BCUT2D eigenvalue weighted by atomic mass is 35.5. The van der Waals surface area contributed by atoms with Crippen molar-refractivity contribution < 1.29 is 50.6 Å². The van der Waals surface area contributed by atoms with Crippen LogP contribution in [0.25, 0.3) is 0 Å². The minimum Gasteiger partial charge on any atom is -0.471 e. The monoisotopic (exact) mass is 775 g/mol. The third kappa shape index (κ3) is 7.57. The van der Waals surface area contributed by atoms with Crippen molar-refractivity contribution in [2.45, 2.75) is 120 Å². The fraction of sp³-hybridized carbons (Fsp3) is 0.676. The molecule has 2 saturated carbocycles. The summed E-state index contributed by atoms with van der Waals surface area (Å²) in [7, 11) is -4.10. The van der Waals surface area contributed by atoms with E-state index in [1.165, 1.54) is 26.1 Å². The molecule has 2 aliphatic heterocycles. The molecular formula is C34H45ClF3N5O8S.